The summed E-state index contributed by atoms with van der Waals surface area (Å²) in [7, 11) is -3.83. The summed E-state index contributed by atoms with van der Waals surface area (Å²) in [5.74, 6) is -0.386. The van der Waals surface area contributed by atoms with Gasteiger partial charge in [0.25, 0.3) is 0 Å². The van der Waals surface area contributed by atoms with E-state index in [4.69, 9.17) is 0 Å². The number of hydrogen-bond donors (Lipinski definition) is 2. The van der Waals surface area contributed by atoms with Crippen molar-refractivity contribution in [2.45, 2.75) is 69.0 Å². The van der Waals surface area contributed by atoms with Crippen molar-refractivity contribution in [3.05, 3.63) is 36.4 Å². The summed E-state index contributed by atoms with van der Waals surface area (Å²) in [6.07, 6.45) is 2.53. The molecule has 0 bridgehead atoms. The van der Waals surface area contributed by atoms with E-state index in [9.17, 15) is 18.0 Å². The number of amides is 2. The Labute approximate surface area is 166 Å². The van der Waals surface area contributed by atoms with E-state index in [0.29, 0.717) is 24.9 Å². The van der Waals surface area contributed by atoms with Crippen LogP contribution >= 0.6 is 0 Å². The Balaban J connectivity index is 2.01. The maximum Gasteiger partial charge on any atom is 0.244 e. The third-order valence-corrected chi connectivity index (χ3v) is 7.94. The maximum absolute atomic E-state index is 13.6. The van der Waals surface area contributed by atoms with Crippen LogP contribution in [-0.2, 0) is 26.0 Å². The summed E-state index contributed by atoms with van der Waals surface area (Å²) >= 11 is 0. The van der Waals surface area contributed by atoms with Gasteiger partial charge in [-0.2, -0.15) is 4.31 Å². The molecule has 1 aromatic rings. The third kappa shape index (κ3) is 3.35. The highest BCUT2D eigenvalue weighted by molar-refractivity contribution is 7.89. The van der Waals surface area contributed by atoms with Crippen LogP contribution in [0.1, 0.15) is 46.1 Å². The summed E-state index contributed by atoms with van der Waals surface area (Å²) in [5.41, 5.74) is -0.0466. The fourth-order valence-electron chi connectivity index (χ4n) is 4.47. The molecule has 1 atom stereocenters. The number of anilines is 1. The monoisotopic (exact) mass is 405 g/mol. The highest BCUT2D eigenvalue weighted by Gasteiger charge is 2.57. The summed E-state index contributed by atoms with van der Waals surface area (Å²) in [5, 5.41) is 5.64. The molecule has 2 N–H and O–H groups in total. The zero-order chi connectivity index (χ0) is 20.9. The Kier molecular flexibility index (Phi) is 4.92. The van der Waals surface area contributed by atoms with Gasteiger partial charge in [-0.25, -0.2) is 8.42 Å². The topological polar surface area (TPSA) is 95.6 Å². The summed E-state index contributed by atoms with van der Waals surface area (Å²) in [4.78, 5) is 23.6. The van der Waals surface area contributed by atoms with Gasteiger partial charge in [-0.3, -0.25) is 9.59 Å². The van der Waals surface area contributed by atoms with Crippen LogP contribution in [0.5, 0.6) is 0 Å². The average Bonchev–Trinajstić information content (AvgIpc) is 2.78. The van der Waals surface area contributed by atoms with E-state index < -0.39 is 21.1 Å². The third-order valence-electron chi connectivity index (χ3n) is 5.64. The fraction of sp³-hybridized carbons (Fsp3) is 0.500. The van der Waals surface area contributed by atoms with E-state index in [1.165, 1.54) is 16.4 Å². The minimum atomic E-state index is -3.83. The van der Waals surface area contributed by atoms with Crippen LogP contribution in [0, 0.1) is 0 Å². The molecule has 1 fully saturated rings. The van der Waals surface area contributed by atoms with Gasteiger partial charge in [0.05, 0.1) is 10.4 Å². The van der Waals surface area contributed by atoms with Gasteiger partial charge in [0, 0.05) is 23.7 Å². The lowest BCUT2D eigenvalue weighted by atomic mass is 9.94. The molecular weight excluding hydrogens is 378 g/mol. The molecule has 0 spiro atoms. The molecule has 7 nitrogen and oxygen atoms in total. The number of hydrogen-bond acceptors (Lipinski definition) is 4. The van der Waals surface area contributed by atoms with Crippen LogP contribution in [0.2, 0.25) is 0 Å². The number of aryl methyl sites for hydroxylation is 1. The second kappa shape index (κ2) is 6.70. The number of carbonyl (C=O) groups is 2. The van der Waals surface area contributed by atoms with E-state index in [0.717, 1.165) is 5.56 Å². The number of rotatable bonds is 4. The van der Waals surface area contributed by atoms with Crippen molar-refractivity contribution >= 4 is 27.5 Å². The Morgan fingerprint density at radius 3 is 2.61 bits per heavy atom. The molecule has 3 rings (SSSR count). The number of fused-ring (bicyclic) bond motifs is 1. The molecule has 0 aromatic heterocycles. The van der Waals surface area contributed by atoms with Crippen LogP contribution in [-0.4, -0.2) is 41.7 Å². The van der Waals surface area contributed by atoms with Crippen LogP contribution in [0.3, 0.4) is 0 Å². The predicted octanol–water partition coefficient (Wildman–Crippen LogP) is 2.19. The molecule has 28 heavy (non-hydrogen) atoms. The molecule has 1 saturated heterocycles. The number of nitrogens with zero attached hydrogens (tertiary/aromatic N) is 1. The highest BCUT2D eigenvalue weighted by Crippen LogP contribution is 2.45. The smallest absolute Gasteiger partial charge is 0.244 e. The summed E-state index contributed by atoms with van der Waals surface area (Å²) in [6, 6.07) is 4.47. The molecule has 2 heterocycles. The number of nitrogens with one attached hydrogen (secondary N) is 2. The fourth-order valence-corrected chi connectivity index (χ4v) is 6.69. The average molecular weight is 406 g/mol. The summed E-state index contributed by atoms with van der Waals surface area (Å²) < 4.78 is 28.7. The molecule has 0 aliphatic carbocycles. The van der Waals surface area contributed by atoms with Gasteiger partial charge in [0.1, 0.15) is 0 Å². The predicted molar refractivity (Wildman–Crippen MR) is 107 cm³/mol. The molecule has 1 unspecified atom stereocenters. The van der Waals surface area contributed by atoms with Gasteiger partial charge in [0.2, 0.25) is 21.8 Å². The van der Waals surface area contributed by atoms with Crippen molar-refractivity contribution in [1.82, 2.24) is 9.62 Å². The largest absolute Gasteiger partial charge is 0.348 e. The van der Waals surface area contributed by atoms with Crippen molar-refractivity contribution in [2.75, 3.05) is 5.32 Å². The van der Waals surface area contributed by atoms with E-state index >= 15 is 0 Å². The van der Waals surface area contributed by atoms with Gasteiger partial charge in [-0.05, 0) is 70.4 Å². The SMILES string of the molecule is C=CC(=O)NC1CC(C)(C)N(S(=O)(=O)c2ccc3c(c2)CCC(=O)N3)C1(C)C. The van der Waals surface area contributed by atoms with Crippen molar-refractivity contribution < 1.29 is 18.0 Å². The molecule has 0 radical (unpaired) electrons. The van der Waals surface area contributed by atoms with Gasteiger partial charge in [0.15, 0.2) is 0 Å². The molecule has 8 heteroatoms. The first-order valence-electron chi connectivity index (χ1n) is 9.31. The van der Waals surface area contributed by atoms with E-state index in [-0.39, 0.29) is 22.8 Å². The van der Waals surface area contributed by atoms with Crippen molar-refractivity contribution in [2.24, 2.45) is 0 Å². The number of benzene rings is 1. The van der Waals surface area contributed by atoms with Gasteiger partial charge in [-0.15, -0.1) is 0 Å². The van der Waals surface area contributed by atoms with Gasteiger partial charge < -0.3 is 10.6 Å². The first-order chi connectivity index (χ1) is 12.9. The standard InChI is InChI=1S/C20H27N3O4S/c1-6-17(24)22-16-12-19(2,3)23(20(16,4)5)28(26,27)14-8-9-15-13(11-14)7-10-18(25)21-15/h6,8-9,11,16H,1,7,10,12H2,2-5H3,(H,21,25)(H,22,24). The van der Waals surface area contributed by atoms with Gasteiger partial charge >= 0.3 is 0 Å². The van der Waals surface area contributed by atoms with E-state index in [1.807, 2.05) is 27.7 Å². The quantitative estimate of drug-likeness (QED) is 0.751. The Bertz CT molecular complexity index is 950. The lowest BCUT2D eigenvalue weighted by Gasteiger charge is -2.40. The molecule has 1 aromatic carbocycles. The first kappa shape index (κ1) is 20.5. The number of carbonyl (C=O) groups excluding carboxylic acids is 2. The Morgan fingerprint density at radius 2 is 1.96 bits per heavy atom. The molecule has 152 valence electrons. The highest BCUT2D eigenvalue weighted by atomic mass is 32.2. The maximum atomic E-state index is 13.6. The minimum absolute atomic E-state index is 0.0641. The lowest BCUT2D eigenvalue weighted by Crippen LogP contribution is -2.56. The van der Waals surface area contributed by atoms with Crippen molar-refractivity contribution in [1.29, 1.82) is 0 Å². The Morgan fingerprint density at radius 1 is 1.29 bits per heavy atom. The van der Waals surface area contributed by atoms with Crippen LogP contribution in [0.25, 0.3) is 0 Å². The van der Waals surface area contributed by atoms with Crippen LogP contribution in [0.4, 0.5) is 5.69 Å². The van der Waals surface area contributed by atoms with E-state index in [2.05, 4.69) is 17.2 Å². The van der Waals surface area contributed by atoms with Crippen molar-refractivity contribution in [3.8, 4) is 0 Å². The zero-order valence-electron chi connectivity index (χ0n) is 16.7. The second-order valence-corrected chi connectivity index (χ2v) is 10.4. The minimum Gasteiger partial charge on any atom is -0.348 e. The molecule has 2 aliphatic heterocycles. The van der Waals surface area contributed by atoms with E-state index in [1.54, 1.807) is 12.1 Å². The summed E-state index contributed by atoms with van der Waals surface area (Å²) in [6.45, 7) is 10.9. The molecule has 2 aliphatic rings. The Hall–Kier alpha value is -2.19. The van der Waals surface area contributed by atoms with Crippen molar-refractivity contribution in [3.63, 3.8) is 0 Å². The molecular formula is C20H27N3O4S. The zero-order valence-corrected chi connectivity index (χ0v) is 17.5. The van der Waals surface area contributed by atoms with Crippen LogP contribution in [0.15, 0.2) is 35.7 Å². The second-order valence-electron chi connectivity index (χ2n) is 8.57. The number of sulfonamides is 1. The molecule has 2 amide bonds. The normalized spacial score (nSPS) is 23.6. The first-order valence-corrected chi connectivity index (χ1v) is 10.7. The van der Waals surface area contributed by atoms with Crippen LogP contribution < -0.4 is 10.6 Å². The lowest BCUT2D eigenvalue weighted by molar-refractivity contribution is -0.118. The molecule has 0 saturated carbocycles. The van der Waals surface area contributed by atoms with Gasteiger partial charge in [-0.1, -0.05) is 6.58 Å².